The van der Waals surface area contributed by atoms with Crippen molar-refractivity contribution < 1.29 is 0 Å². The van der Waals surface area contributed by atoms with Crippen LogP contribution >= 0.6 is 0 Å². The molecule has 6 heteroatoms. The number of aliphatic imine (C=N–C) groups is 1. The van der Waals surface area contributed by atoms with E-state index in [2.05, 4.69) is 105 Å². The van der Waals surface area contributed by atoms with Crippen molar-refractivity contribution in [3.63, 3.8) is 0 Å². The zero-order valence-corrected chi connectivity index (χ0v) is 21.8. The maximum Gasteiger partial charge on any atom is 0.121 e. The fourth-order valence-electron chi connectivity index (χ4n) is 5.44. The summed E-state index contributed by atoms with van der Waals surface area (Å²) in [6.45, 7) is 4.66. The average molecular weight is 503 g/mol. The van der Waals surface area contributed by atoms with E-state index >= 15 is 0 Å². The number of aromatic amines is 1. The van der Waals surface area contributed by atoms with Gasteiger partial charge in [-0.25, -0.2) is 4.98 Å². The molecule has 1 aliphatic heterocycles. The van der Waals surface area contributed by atoms with Gasteiger partial charge in [-0.2, -0.15) is 0 Å². The van der Waals surface area contributed by atoms with Crippen LogP contribution in [0.3, 0.4) is 0 Å². The van der Waals surface area contributed by atoms with Crippen LogP contribution in [0.1, 0.15) is 48.3 Å². The molecule has 3 unspecified atom stereocenters. The number of imidazole rings is 1. The summed E-state index contributed by atoms with van der Waals surface area (Å²) in [7, 11) is 0. The second-order valence-corrected chi connectivity index (χ2v) is 10.3. The van der Waals surface area contributed by atoms with Crippen molar-refractivity contribution >= 4 is 17.2 Å². The van der Waals surface area contributed by atoms with Crippen LogP contribution in [0.25, 0.3) is 11.0 Å². The summed E-state index contributed by atoms with van der Waals surface area (Å²) in [6.07, 6.45) is 14.5. The Labute approximate surface area is 224 Å². The summed E-state index contributed by atoms with van der Waals surface area (Å²) >= 11 is 0. The average Bonchev–Trinajstić information content (AvgIpc) is 3.39. The molecule has 1 aliphatic carbocycles. The molecule has 2 N–H and O–H groups in total. The number of pyridine rings is 1. The highest BCUT2D eigenvalue weighted by molar-refractivity contribution is 5.75. The monoisotopic (exact) mass is 502 g/mol. The molecule has 192 valence electrons. The second kappa shape index (κ2) is 11.3. The summed E-state index contributed by atoms with van der Waals surface area (Å²) in [5, 5.41) is 3.62. The van der Waals surface area contributed by atoms with Crippen LogP contribution in [0, 0.1) is 0 Å². The van der Waals surface area contributed by atoms with E-state index in [-0.39, 0.29) is 6.04 Å². The first kappa shape index (κ1) is 24.5. The summed E-state index contributed by atoms with van der Waals surface area (Å²) in [4.78, 5) is 19.8. The predicted octanol–water partition coefficient (Wildman–Crippen LogP) is 5.91. The smallest absolute Gasteiger partial charge is 0.121 e. The van der Waals surface area contributed by atoms with Crippen LogP contribution in [-0.4, -0.2) is 38.2 Å². The lowest BCUT2D eigenvalue weighted by Gasteiger charge is -2.34. The minimum atomic E-state index is 0.276. The van der Waals surface area contributed by atoms with Gasteiger partial charge in [0.15, 0.2) is 0 Å². The molecule has 0 radical (unpaired) electrons. The third-order valence-corrected chi connectivity index (χ3v) is 7.63. The van der Waals surface area contributed by atoms with Crippen LogP contribution in [0.4, 0.5) is 0 Å². The lowest BCUT2D eigenvalue weighted by molar-refractivity contribution is 0.188. The number of hydrogen-bond donors (Lipinski definition) is 2. The molecule has 2 aliphatic rings. The van der Waals surface area contributed by atoms with E-state index < -0.39 is 0 Å². The summed E-state index contributed by atoms with van der Waals surface area (Å²) in [5.74, 6) is 1.01. The molecule has 6 nitrogen and oxygen atoms in total. The van der Waals surface area contributed by atoms with Gasteiger partial charge >= 0.3 is 0 Å². The summed E-state index contributed by atoms with van der Waals surface area (Å²) < 4.78 is 0. The third kappa shape index (κ3) is 5.67. The number of fused-ring (bicyclic) bond motifs is 2. The quantitative estimate of drug-likeness (QED) is 0.299. The number of hydrogen-bond acceptors (Lipinski definition) is 5. The van der Waals surface area contributed by atoms with Crippen molar-refractivity contribution in [1.29, 1.82) is 0 Å². The Morgan fingerprint density at radius 2 is 1.79 bits per heavy atom. The second-order valence-electron chi connectivity index (χ2n) is 10.3. The van der Waals surface area contributed by atoms with Crippen molar-refractivity contribution in [2.45, 2.75) is 57.5 Å². The molecule has 2 aromatic heterocycles. The van der Waals surface area contributed by atoms with Gasteiger partial charge in [0, 0.05) is 43.8 Å². The molecule has 38 heavy (non-hydrogen) atoms. The molecule has 0 bridgehead atoms. The van der Waals surface area contributed by atoms with E-state index in [9.17, 15) is 0 Å². The molecule has 6 rings (SSSR count). The SMILES string of the molecule is CC(NCc1ccc(CN(Cc2nc3ccccc3[nH]2)C2C=C3C=CC=NC3CC2)cc1)c1ccncc1. The first-order valence-corrected chi connectivity index (χ1v) is 13.5. The van der Waals surface area contributed by atoms with Gasteiger partial charge in [0.05, 0.1) is 23.6 Å². The summed E-state index contributed by atoms with van der Waals surface area (Å²) in [6, 6.07) is 22.3. The first-order chi connectivity index (χ1) is 18.7. The molecular weight excluding hydrogens is 468 g/mol. The molecule has 3 atom stereocenters. The number of H-pyrrole nitrogens is 1. The zero-order valence-electron chi connectivity index (χ0n) is 21.8. The predicted molar refractivity (Wildman–Crippen MR) is 154 cm³/mol. The first-order valence-electron chi connectivity index (χ1n) is 13.5. The van der Waals surface area contributed by atoms with Crippen molar-refractivity contribution in [3.8, 4) is 0 Å². The van der Waals surface area contributed by atoms with E-state index in [1.54, 1.807) is 0 Å². The molecule has 0 spiro atoms. The fourth-order valence-corrected chi connectivity index (χ4v) is 5.44. The number of dihydropyridines is 1. The Hall–Kier alpha value is -3.87. The van der Waals surface area contributed by atoms with Crippen molar-refractivity contribution in [3.05, 3.63) is 119 Å². The molecule has 3 heterocycles. The molecule has 0 amide bonds. The number of nitrogens with one attached hydrogen (secondary N) is 2. The highest BCUT2D eigenvalue weighted by Crippen LogP contribution is 2.29. The topological polar surface area (TPSA) is 69.2 Å². The number of aromatic nitrogens is 3. The van der Waals surface area contributed by atoms with E-state index in [4.69, 9.17) is 4.98 Å². The molecule has 4 aromatic rings. The Balaban J connectivity index is 1.17. The van der Waals surface area contributed by atoms with Gasteiger partial charge in [0.25, 0.3) is 0 Å². The van der Waals surface area contributed by atoms with E-state index in [1.165, 1.54) is 22.3 Å². The van der Waals surface area contributed by atoms with E-state index in [1.807, 2.05) is 24.7 Å². The van der Waals surface area contributed by atoms with Gasteiger partial charge in [0.2, 0.25) is 0 Å². The Bertz CT molecular complexity index is 1420. The van der Waals surface area contributed by atoms with Crippen molar-refractivity contribution in [2.24, 2.45) is 4.99 Å². The minimum Gasteiger partial charge on any atom is -0.341 e. The Kier molecular flexibility index (Phi) is 7.25. The van der Waals surface area contributed by atoms with Gasteiger partial charge in [-0.3, -0.25) is 14.9 Å². The zero-order chi connectivity index (χ0) is 25.7. The van der Waals surface area contributed by atoms with E-state index in [0.29, 0.717) is 12.1 Å². The lowest BCUT2D eigenvalue weighted by Crippen LogP contribution is -2.37. The number of allylic oxidation sites excluding steroid dienone is 1. The van der Waals surface area contributed by atoms with Gasteiger partial charge in [-0.15, -0.1) is 0 Å². The fraction of sp³-hybridized carbons (Fsp3) is 0.281. The van der Waals surface area contributed by atoms with Gasteiger partial charge in [-0.05, 0) is 72.4 Å². The molecule has 0 saturated carbocycles. The summed E-state index contributed by atoms with van der Waals surface area (Å²) in [5.41, 5.74) is 7.29. The Morgan fingerprint density at radius 3 is 2.63 bits per heavy atom. The largest absolute Gasteiger partial charge is 0.341 e. The van der Waals surface area contributed by atoms with E-state index in [0.717, 1.165) is 49.3 Å². The maximum atomic E-state index is 4.88. The van der Waals surface area contributed by atoms with Crippen molar-refractivity contribution in [2.75, 3.05) is 0 Å². The van der Waals surface area contributed by atoms with Crippen LogP contribution in [-0.2, 0) is 19.6 Å². The maximum absolute atomic E-state index is 4.88. The normalized spacial score (nSPS) is 19.5. The van der Waals surface area contributed by atoms with Crippen LogP contribution in [0.2, 0.25) is 0 Å². The number of para-hydroxylation sites is 2. The minimum absolute atomic E-state index is 0.276. The van der Waals surface area contributed by atoms with Gasteiger partial charge in [0.1, 0.15) is 5.82 Å². The standard InChI is InChI=1S/C32H34N6/c1-23(26-14-17-33-18-15-26)35-20-24-8-10-25(11-9-24)21-38(22-32-36-30-6-2-3-7-31(30)37-32)28-12-13-29-27(19-28)5-4-16-34-29/h2-11,14-19,23,28-29,35H,12-13,20-22H2,1H3,(H,36,37). The number of benzene rings is 2. The highest BCUT2D eigenvalue weighted by Gasteiger charge is 2.27. The third-order valence-electron chi connectivity index (χ3n) is 7.63. The number of nitrogens with zero attached hydrogens (tertiary/aromatic N) is 4. The molecule has 2 aromatic carbocycles. The van der Waals surface area contributed by atoms with Crippen LogP contribution in [0.5, 0.6) is 0 Å². The van der Waals surface area contributed by atoms with Crippen molar-refractivity contribution in [1.82, 2.24) is 25.2 Å². The van der Waals surface area contributed by atoms with Gasteiger partial charge in [-0.1, -0.05) is 48.6 Å². The lowest BCUT2D eigenvalue weighted by atomic mass is 9.89. The number of rotatable bonds is 9. The molecular formula is C32H34N6. The Morgan fingerprint density at radius 1 is 0.974 bits per heavy atom. The molecule has 0 saturated heterocycles. The van der Waals surface area contributed by atoms with Crippen LogP contribution < -0.4 is 5.32 Å². The highest BCUT2D eigenvalue weighted by atomic mass is 15.2. The van der Waals surface area contributed by atoms with Gasteiger partial charge < -0.3 is 10.3 Å². The molecule has 0 fully saturated rings. The van der Waals surface area contributed by atoms with Crippen LogP contribution in [0.15, 0.2) is 102 Å².